The topological polar surface area (TPSA) is 0 Å². The van der Waals surface area contributed by atoms with Crippen LogP contribution < -0.4 is 0 Å². The Bertz CT molecular complexity index is 381. The molecule has 0 bridgehead atoms. The molecule has 96 valence electrons. The van der Waals surface area contributed by atoms with Gasteiger partial charge in [0.25, 0.3) is 0 Å². The van der Waals surface area contributed by atoms with Crippen molar-refractivity contribution in [2.45, 2.75) is 65.2 Å². The summed E-state index contributed by atoms with van der Waals surface area (Å²) in [4.78, 5) is 0. The maximum absolute atomic E-state index is 14.1. The zero-order valence-electron chi connectivity index (χ0n) is 12.0. The van der Waals surface area contributed by atoms with Crippen molar-refractivity contribution in [3.63, 3.8) is 0 Å². The Balaban J connectivity index is 3.22. The highest BCUT2D eigenvalue weighted by Crippen LogP contribution is 2.34. The van der Waals surface area contributed by atoms with Crippen molar-refractivity contribution in [1.29, 1.82) is 0 Å². The molecule has 0 aromatic heterocycles. The Morgan fingerprint density at radius 2 is 1.53 bits per heavy atom. The lowest BCUT2D eigenvalue weighted by Crippen LogP contribution is -2.21. The highest BCUT2D eigenvalue weighted by Gasteiger charge is 2.25. The van der Waals surface area contributed by atoms with Gasteiger partial charge in [0, 0.05) is 0 Å². The summed E-state index contributed by atoms with van der Waals surface area (Å²) in [6.45, 7) is 12.7. The molecule has 1 aromatic rings. The SMILES string of the molecule is CCC(C)(CC)c1ccc(C(C)(C)C)c(F)c1. The van der Waals surface area contributed by atoms with E-state index in [0.29, 0.717) is 0 Å². The predicted octanol–water partition coefficient (Wildman–Crippen LogP) is 5.20. The molecule has 17 heavy (non-hydrogen) atoms. The first-order valence-electron chi connectivity index (χ1n) is 6.55. The predicted molar refractivity (Wildman–Crippen MR) is 73.0 cm³/mol. The van der Waals surface area contributed by atoms with E-state index in [2.05, 4.69) is 26.8 Å². The van der Waals surface area contributed by atoms with Crippen LogP contribution in [0.1, 0.15) is 65.5 Å². The van der Waals surface area contributed by atoms with Gasteiger partial charge < -0.3 is 0 Å². The largest absolute Gasteiger partial charge is 0.207 e. The van der Waals surface area contributed by atoms with Gasteiger partial charge in [-0.15, -0.1) is 0 Å². The van der Waals surface area contributed by atoms with E-state index >= 15 is 0 Å². The summed E-state index contributed by atoms with van der Waals surface area (Å²) in [5, 5.41) is 0. The van der Waals surface area contributed by atoms with Gasteiger partial charge in [0.2, 0.25) is 0 Å². The monoisotopic (exact) mass is 236 g/mol. The molecule has 1 rings (SSSR count). The Morgan fingerprint density at radius 1 is 1.00 bits per heavy atom. The third-order valence-corrected chi connectivity index (χ3v) is 4.03. The lowest BCUT2D eigenvalue weighted by atomic mass is 9.76. The summed E-state index contributed by atoms with van der Waals surface area (Å²) < 4.78 is 14.1. The van der Waals surface area contributed by atoms with Gasteiger partial charge in [-0.05, 0) is 40.9 Å². The van der Waals surface area contributed by atoms with E-state index in [1.165, 1.54) is 0 Å². The van der Waals surface area contributed by atoms with E-state index in [9.17, 15) is 4.39 Å². The van der Waals surface area contributed by atoms with Gasteiger partial charge in [-0.2, -0.15) is 0 Å². The molecular weight excluding hydrogens is 211 g/mol. The summed E-state index contributed by atoms with van der Waals surface area (Å²) >= 11 is 0. The summed E-state index contributed by atoms with van der Waals surface area (Å²) in [6, 6.07) is 5.78. The fraction of sp³-hybridized carbons (Fsp3) is 0.625. The summed E-state index contributed by atoms with van der Waals surface area (Å²) in [7, 11) is 0. The van der Waals surface area contributed by atoms with E-state index in [-0.39, 0.29) is 16.6 Å². The molecule has 0 heterocycles. The molecule has 0 radical (unpaired) electrons. The number of rotatable bonds is 3. The van der Waals surface area contributed by atoms with Crippen molar-refractivity contribution in [3.05, 3.63) is 35.1 Å². The first-order chi connectivity index (χ1) is 7.74. The van der Waals surface area contributed by atoms with Crippen LogP contribution in [0.5, 0.6) is 0 Å². The van der Waals surface area contributed by atoms with Gasteiger partial charge >= 0.3 is 0 Å². The van der Waals surface area contributed by atoms with Gasteiger partial charge in [0.15, 0.2) is 0 Å². The van der Waals surface area contributed by atoms with E-state index in [1.807, 2.05) is 26.8 Å². The van der Waals surface area contributed by atoms with Crippen molar-refractivity contribution >= 4 is 0 Å². The molecule has 0 nitrogen and oxygen atoms in total. The lowest BCUT2D eigenvalue weighted by molar-refractivity contribution is 0.433. The molecule has 0 aliphatic rings. The quantitative estimate of drug-likeness (QED) is 0.676. The molecule has 0 unspecified atom stereocenters. The summed E-state index contributed by atoms with van der Waals surface area (Å²) in [6.07, 6.45) is 2.08. The average Bonchev–Trinajstić information content (AvgIpc) is 2.26. The van der Waals surface area contributed by atoms with Crippen LogP contribution in [0, 0.1) is 5.82 Å². The van der Waals surface area contributed by atoms with E-state index in [0.717, 1.165) is 24.0 Å². The van der Waals surface area contributed by atoms with Gasteiger partial charge in [-0.3, -0.25) is 0 Å². The second-order valence-corrected chi connectivity index (χ2v) is 6.21. The van der Waals surface area contributed by atoms with Crippen LogP contribution in [0.3, 0.4) is 0 Å². The van der Waals surface area contributed by atoms with Crippen molar-refractivity contribution in [3.8, 4) is 0 Å². The maximum atomic E-state index is 14.1. The van der Waals surface area contributed by atoms with Gasteiger partial charge in [-0.25, -0.2) is 4.39 Å². The molecule has 0 N–H and O–H groups in total. The molecule has 0 fully saturated rings. The number of hydrogen-bond donors (Lipinski definition) is 0. The number of hydrogen-bond acceptors (Lipinski definition) is 0. The second-order valence-electron chi connectivity index (χ2n) is 6.21. The fourth-order valence-corrected chi connectivity index (χ4v) is 2.16. The molecule has 0 aliphatic heterocycles. The number of benzene rings is 1. The first kappa shape index (κ1) is 14.2. The standard InChI is InChI=1S/C16H25F/c1-7-16(6,8-2)12-9-10-13(14(17)11-12)15(3,4)5/h9-11H,7-8H2,1-6H3. The summed E-state index contributed by atoms with van der Waals surface area (Å²) in [5.41, 5.74) is 1.89. The van der Waals surface area contributed by atoms with Crippen LogP contribution >= 0.6 is 0 Å². The smallest absolute Gasteiger partial charge is 0.127 e. The Labute approximate surface area is 105 Å². The number of halogens is 1. The Hall–Kier alpha value is -0.850. The Kier molecular flexibility index (Phi) is 4.01. The lowest BCUT2D eigenvalue weighted by Gasteiger charge is -2.29. The first-order valence-corrected chi connectivity index (χ1v) is 6.55. The molecule has 0 saturated heterocycles. The van der Waals surface area contributed by atoms with E-state index in [1.54, 1.807) is 6.07 Å². The van der Waals surface area contributed by atoms with Crippen LogP contribution in [0.2, 0.25) is 0 Å². The molecular formula is C16H25F. The highest BCUT2D eigenvalue weighted by atomic mass is 19.1. The summed E-state index contributed by atoms with van der Waals surface area (Å²) in [5.74, 6) is -0.0666. The van der Waals surface area contributed by atoms with Gasteiger partial charge in [-0.1, -0.05) is 53.7 Å². The normalized spacial score (nSPS) is 12.9. The van der Waals surface area contributed by atoms with Gasteiger partial charge in [0.1, 0.15) is 5.82 Å². The van der Waals surface area contributed by atoms with Crippen LogP contribution in [0.4, 0.5) is 4.39 Å². The fourth-order valence-electron chi connectivity index (χ4n) is 2.16. The highest BCUT2D eigenvalue weighted by molar-refractivity contribution is 5.33. The molecule has 0 saturated carbocycles. The third kappa shape index (κ3) is 2.88. The van der Waals surface area contributed by atoms with Crippen molar-refractivity contribution in [2.24, 2.45) is 0 Å². The zero-order chi connectivity index (χ0) is 13.3. The molecule has 1 aromatic carbocycles. The van der Waals surface area contributed by atoms with Crippen LogP contribution in [0.25, 0.3) is 0 Å². The molecule has 0 aliphatic carbocycles. The Morgan fingerprint density at radius 3 is 1.88 bits per heavy atom. The molecule has 1 heteroatoms. The van der Waals surface area contributed by atoms with Crippen LogP contribution in [0.15, 0.2) is 18.2 Å². The zero-order valence-corrected chi connectivity index (χ0v) is 12.0. The third-order valence-electron chi connectivity index (χ3n) is 4.03. The van der Waals surface area contributed by atoms with E-state index in [4.69, 9.17) is 0 Å². The van der Waals surface area contributed by atoms with Crippen LogP contribution in [-0.4, -0.2) is 0 Å². The maximum Gasteiger partial charge on any atom is 0.127 e. The molecule has 0 spiro atoms. The van der Waals surface area contributed by atoms with Crippen molar-refractivity contribution in [2.75, 3.05) is 0 Å². The molecule has 0 amide bonds. The van der Waals surface area contributed by atoms with E-state index < -0.39 is 0 Å². The minimum Gasteiger partial charge on any atom is -0.207 e. The minimum absolute atomic E-state index is 0.0666. The minimum atomic E-state index is -0.128. The second kappa shape index (κ2) is 4.80. The van der Waals surface area contributed by atoms with Crippen LogP contribution in [-0.2, 0) is 10.8 Å². The molecule has 0 atom stereocenters. The van der Waals surface area contributed by atoms with Gasteiger partial charge in [0.05, 0.1) is 0 Å². The van der Waals surface area contributed by atoms with Crippen molar-refractivity contribution in [1.82, 2.24) is 0 Å². The van der Waals surface area contributed by atoms with Crippen molar-refractivity contribution < 1.29 is 4.39 Å². The average molecular weight is 236 g/mol.